The van der Waals surface area contributed by atoms with Gasteiger partial charge in [0.1, 0.15) is 12.1 Å². The molecule has 0 bridgehead atoms. The third kappa shape index (κ3) is 2.64. The molecule has 0 radical (unpaired) electrons. The van der Waals surface area contributed by atoms with Crippen LogP contribution in [0.5, 0.6) is 0 Å². The van der Waals surface area contributed by atoms with Crippen molar-refractivity contribution in [3.63, 3.8) is 0 Å². The van der Waals surface area contributed by atoms with Crippen molar-refractivity contribution in [1.29, 1.82) is 0 Å². The lowest BCUT2D eigenvalue weighted by Gasteiger charge is -2.41. The molecule has 1 fully saturated rings. The van der Waals surface area contributed by atoms with Gasteiger partial charge in [-0.25, -0.2) is 0 Å². The molecule has 2 aromatic carbocycles. The fourth-order valence-corrected chi connectivity index (χ4v) is 3.77. The summed E-state index contributed by atoms with van der Waals surface area (Å²) in [5.74, 6) is 0.229. The number of nitrogens with zero attached hydrogens (tertiary/aromatic N) is 1. The van der Waals surface area contributed by atoms with E-state index in [2.05, 4.69) is 67.7 Å². The highest BCUT2D eigenvalue weighted by atomic mass is 16.4. The summed E-state index contributed by atoms with van der Waals surface area (Å²) in [6.45, 7) is 2.16. The van der Waals surface area contributed by atoms with Gasteiger partial charge in [-0.15, -0.1) is 0 Å². The van der Waals surface area contributed by atoms with Gasteiger partial charge < -0.3 is 10.1 Å². The number of oxime groups is 1. The molecular weight excluding hydrogens is 272 g/mol. The molecule has 0 spiro atoms. The number of quaternary nitrogens is 1. The maximum absolute atomic E-state index is 9.46. The molecule has 1 unspecified atom stereocenters. The van der Waals surface area contributed by atoms with Gasteiger partial charge >= 0.3 is 0 Å². The molecule has 2 N–H and O–H groups in total. The molecule has 0 aromatic heterocycles. The van der Waals surface area contributed by atoms with E-state index in [9.17, 15) is 5.21 Å². The smallest absolute Gasteiger partial charge is 0.121 e. The normalized spacial score (nSPS) is 30.4. The minimum atomic E-state index is 0.229. The van der Waals surface area contributed by atoms with E-state index in [-0.39, 0.29) is 5.92 Å². The molecule has 114 valence electrons. The molecule has 2 aromatic rings. The molecule has 1 saturated heterocycles. The average molecular weight is 295 g/mol. The number of benzene rings is 2. The second-order valence-corrected chi connectivity index (χ2v) is 6.18. The topological polar surface area (TPSA) is 37.0 Å². The lowest BCUT2D eigenvalue weighted by atomic mass is 9.80. The number of piperidine rings is 1. The second-order valence-electron chi connectivity index (χ2n) is 6.18. The molecule has 0 saturated carbocycles. The fourth-order valence-electron chi connectivity index (χ4n) is 3.77. The number of hydrogen-bond donors (Lipinski definition) is 2. The SMILES string of the molecule is C[C@@H]1/C(=N/O)C[C@@H](c2ccccc2)[NH+](C)[C@H]1c1ccccc1. The van der Waals surface area contributed by atoms with Crippen LogP contribution >= 0.6 is 0 Å². The first-order chi connectivity index (χ1) is 10.7. The Kier molecular flexibility index (Phi) is 4.25. The van der Waals surface area contributed by atoms with Crippen LogP contribution in [0.2, 0.25) is 0 Å². The van der Waals surface area contributed by atoms with Crippen molar-refractivity contribution < 1.29 is 10.1 Å². The van der Waals surface area contributed by atoms with Gasteiger partial charge in [0.25, 0.3) is 0 Å². The number of hydrogen-bond acceptors (Lipinski definition) is 2. The lowest BCUT2D eigenvalue weighted by molar-refractivity contribution is -0.948. The van der Waals surface area contributed by atoms with Gasteiger partial charge in [-0.1, -0.05) is 72.7 Å². The van der Waals surface area contributed by atoms with E-state index in [0.717, 1.165) is 12.1 Å². The molecular formula is C19H23N2O+. The first-order valence-corrected chi connectivity index (χ1v) is 7.86. The molecule has 1 aliphatic rings. The van der Waals surface area contributed by atoms with E-state index in [1.807, 2.05) is 12.1 Å². The predicted octanol–water partition coefficient (Wildman–Crippen LogP) is 2.85. The highest BCUT2D eigenvalue weighted by Gasteiger charge is 2.42. The Morgan fingerprint density at radius 3 is 2.05 bits per heavy atom. The highest BCUT2D eigenvalue weighted by molar-refractivity contribution is 5.87. The maximum atomic E-state index is 9.46. The third-order valence-corrected chi connectivity index (χ3v) is 4.97. The van der Waals surface area contributed by atoms with Crippen molar-refractivity contribution in [1.82, 2.24) is 0 Å². The molecule has 1 aliphatic heterocycles. The zero-order valence-electron chi connectivity index (χ0n) is 13.1. The first-order valence-electron chi connectivity index (χ1n) is 7.86. The van der Waals surface area contributed by atoms with Crippen molar-refractivity contribution in [3.8, 4) is 0 Å². The van der Waals surface area contributed by atoms with Crippen LogP contribution in [0.3, 0.4) is 0 Å². The second kappa shape index (κ2) is 6.32. The Bertz CT molecular complexity index is 639. The number of likely N-dealkylation sites (tertiary alicyclic amines) is 1. The highest BCUT2D eigenvalue weighted by Crippen LogP contribution is 2.30. The zero-order chi connectivity index (χ0) is 15.5. The summed E-state index contributed by atoms with van der Waals surface area (Å²) in [4.78, 5) is 1.46. The molecule has 22 heavy (non-hydrogen) atoms. The van der Waals surface area contributed by atoms with E-state index in [1.165, 1.54) is 16.0 Å². The minimum Gasteiger partial charge on any atom is -0.411 e. The molecule has 1 heterocycles. The van der Waals surface area contributed by atoms with E-state index in [0.29, 0.717) is 12.1 Å². The summed E-state index contributed by atoms with van der Waals surface area (Å²) in [6.07, 6.45) is 0.802. The molecule has 0 amide bonds. The van der Waals surface area contributed by atoms with E-state index < -0.39 is 0 Å². The van der Waals surface area contributed by atoms with E-state index >= 15 is 0 Å². The maximum Gasteiger partial charge on any atom is 0.121 e. The monoisotopic (exact) mass is 295 g/mol. The number of rotatable bonds is 2. The lowest BCUT2D eigenvalue weighted by Crippen LogP contribution is -3.11. The first kappa shape index (κ1) is 14.8. The van der Waals surface area contributed by atoms with Crippen molar-refractivity contribution in [2.45, 2.75) is 25.4 Å². The molecule has 3 heteroatoms. The predicted molar refractivity (Wildman–Crippen MR) is 88.3 cm³/mol. The molecule has 3 nitrogen and oxygen atoms in total. The summed E-state index contributed by atoms with van der Waals surface area (Å²) < 4.78 is 0. The number of nitrogens with one attached hydrogen (secondary N) is 1. The molecule has 0 aliphatic carbocycles. The van der Waals surface area contributed by atoms with Gasteiger partial charge in [-0.05, 0) is 0 Å². The van der Waals surface area contributed by atoms with E-state index in [1.54, 1.807) is 0 Å². The Labute approximate surface area is 131 Å². The van der Waals surface area contributed by atoms with E-state index in [4.69, 9.17) is 0 Å². The van der Waals surface area contributed by atoms with Gasteiger partial charge in [0.05, 0.1) is 18.7 Å². The summed E-state index contributed by atoms with van der Waals surface area (Å²) >= 11 is 0. The third-order valence-electron chi connectivity index (χ3n) is 4.97. The summed E-state index contributed by atoms with van der Waals surface area (Å²) in [6, 6.07) is 21.7. The zero-order valence-corrected chi connectivity index (χ0v) is 13.1. The Hall–Kier alpha value is -2.13. The Morgan fingerprint density at radius 2 is 1.50 bits per heavy atom. The van der Waals surface area contributed by atoms with Gasteiger partial charge in [-0.2, -0.15) is 0 Å². The fraction of sp³-hybridized carbons (Fsp3) is 0.316. The van der Waals surface area contributed by atoms with Crippen LogP contribution in [-0.2, 0) is 0 Å². The van der Waals surface area contributed by atoms with Crippen LogP contribution in [0.1, 0.15) is 36.6 Å². The Balaban J connectivity index is 2.01. The van der Waals surface area contributed by atoms with Gasteiger partial charge in [0.15, 0.2) is 0 Å². The van der Waals surface area contributed by atoms with Crippen molar-refractivity contribution in [2.24, 2.45) is 11.1 Å². The largest absolute Gasteiger partial charge is 0.411 e. The van der Waals surface area contributed by atoms with Crippen LogP contribution in [0.15, 0.2) is 65.8 Å². The standard InChI is InChI=1S/C19H22N2O/c1-14-17(20-22)13-18(15-9-5-3-6-10-15)21(2)19(14)16-11-7-4-8-12-16/h3-12,14,18-19,22H,13H2,1-2H3/p+1/b20-17+/t14-,18+,19-/m1/s1. The van der Waals surface area contributed by atoms with Crippen LogP contribution in [0.25, 0.3) is 0 Å². The summed E-state index contributed by atoms with van der Waals surface area (Å²) in [7, 11) is 2.25. The molecule has 4 atom stereocenters. The summed E-state index contributed by atoms with van der Waals surface area (Å²) in [5, 5.41) is 13.1. The van der Waals surface area contributed by atoms with Crippen molar-refractivity contribution in [2.75, 3.05) is 7.05 Å². The van der Waals surface area contributed by atoms with Crippen LogP contribution in [0, 0.1) is 5.92 Å². The Morgan fingerprint density at radius 1 is 0.955 bits per heavy atom. The van der Waals surface area contributed by atoms with Crippen LogP contribution < -0.4 is 4.90 Å². The average Bonchev–Trinajstić information content (AvgIpc) is 2.57. The van der Waals surface area contributed by atoms with Crippen LogP contribution in [-0.4, -0.2) is 18.0 Å². The molecule has 3 rings (SSSR count). The minimum absolute atomic E-state index is 0.229. The quantitative estimate of drug-likeness (QED) is 0.649. The van der Waals surface area contributed by atoms with Crippen molar-refractivity contribution >= 4 is 5.71 Å². The summed E-state index contributed by atoms with van der Waals surface area (Å²) in [5.41, 5.74) is 3.50. The van der Waals surface area contributed by atoms with Crippen molar-refractivity contribution in [3.05, 3.63) is 71.8 Å². The van der Waals surface area contributed by atoms with Gasteiger partial charge in [-0.3, -0.25) is 0 Å². The van der Waals surface area contributed by atoms with Crippen LogP contribution in [0.4, 0.5) is 0 Å². The van der Waals surface area contributed by atoms with Gasteiger partial charge in [0.2, 0.25) is 0 Å². The van der Waals surface area contributed by atoms with Gasteiger partial charge in [0, 0.05) is 17.5 Å².